The minimum absolute atomic E-state index is 0.360. The molecular weight excluding hydrogens is 186 g/mol. The molecule has 3 nitrogen and oxygen atoms in total. The molecule has 1 fully saturated rings. The molecule has 1 saturated heterocycles. The van der Waals surface area contributed by atoms with E-state index in [-0.39, 0.29) is 0 Å². The third-order valence-electron chi connectivity index (χ3n) is 3.12. The molecule has 0 unspecified atom stereocenters. The molecule has 0 radical (unpaired) electrons. The summed E-state index contributed by atoms with van der Waals surface area (Å²) in [6.07, 6.45) is 7.72. The lowest BCUT2D eigenvalue weighted by molar-refractivity contribution is 0.167. The van der Waals surface area contributed by atoms with E-state index in [2.05, 4.69) is 16.0 Å². The Balaban J connectivity index is 2.09. The molecule has 1 atom stereocenters. The molecule has 1 aliphatic heterocycles. The van der Waals surface area contributed by atoms with Gasteiger partial charge in [-0.25, -0.2) is 0 Å². The first kappa shape index (κ1) is 10.6. The zero-order chi connectivity index (χ0) is 10.5. The summed E-state index contributed by atoms with van der Waals surface area (Å²) in [5.74, 6) is 0. The van der Waals surface area contributed by atoms with Gasteiger partial charge in [0.05, 0.1) is 0 Å². The molecule has 1 aromatic heterocycles. The number of piperidine rings is 1. The summed E-state index contributed by atoms with van der Waals surface area (Å²) >= 11 is 0. The van der Waals surface area contributed by atoms with Crippen LogP contribution in [-0.4, -0.2) is 29.5 Å². The van der Waals surface area contributed by atoms with E-state index in [0.29, 0.717) is 12.6 Å². The minimum atomic E-state index is 0.360. The SMILES string of the molecule is NC[C@H](c1cccnc1)N1CCCCC1. The average molecular weight is 205 g/mol. The maximum absolute atomic E-state index is 5.87. The lowest BCUT2D eigenvalue weighted by Crippen LogP contribution is -2.37. The largest absolute Gasteiger partial charge is 0.329 e. The summed E-state index contributed by atoms with van der Waals surface area (Å²) in [6, 6.07) is 4.47. The van der Waals surface area contributed by atoms with Gasteiger partial charge in [-0.05, 0) is 37.6 Å². The van der Waals surface area contributed by atoms with Gasteiger partial charge in [0.25, 0.3) is 0 Å². The second kappa shape index (κ2) is 5.24. The van der Waals surface area contributed by atoms with Crippen molar-refractivity contribution in [3.05, 3.63) is 30.1 Å². The summed E-state index contributed by atoms with van der Waals surface area (Å²) in [6.45, 7) is 3.04. The fourth-order valence-corrected chi connectivity index (χ4v) is 2.30. The van der Waals surface area contributed by atoms with Gasteiger partial charge in [-0.15, -0.1) is 0 Å². The molecule has 1 aromatic rings. The second-order valence-corrected chi connectivity index (χ2v) is 4.13. The number of pyridine rings is 1. The van der Waals surface area contributed by atoms with Gasteiger partial charge in [0.1, 0.15) is 0 Å². The van der Waals surface area contributed by atoms with Gasteiger partial charge < -0.3 is 5.73 Å². The van der Waals surface area contributed by atoms with Crippen LogP contribution in [0.25, 0.3) is 0 Å². The highest BCUT2D eigenvalue weighted by atomic mass is 15.2. The average Bonchev–Trinajstić information content (AvgIpc) is 2.33. The number of nitrogens with two attached hydrogens (primary N) is 1. The molecule has 2 N–H and O–H groups in total. The molecule has 15 heavy (non-hydrogen) atoms. The van der Waals surface area contributed by atoms with E-state index in [9.17, 15) is 0 Å². The molecule has 82 valence electrons. The second-order valence-electron chi connectivity index (χ2n) is 4.13. The summed E-state index contributed by atoms with van der Waals surface area (Å²) < 4.78 is 0. The Hall–Kier alpha value is -0.930. The molecule has 0 aromatic carbocycles. The molecule has 2 heterocycles. The first-order valence-corrected chi connectivity index (χ1v) is 5.76. The van der Waals surface area contributed by atoms with Crippen LogP contribution in [0.5, 0.6) is 0 Å². The molecule has 0 saturated carbocycles. The fraction of sp³-hybridized carbons (Fsp3) is 0.583. The Morgan fingerprint density at radius 1 is 1.33 bits per heavy atom. The van der Waals surface area contributed by atoms with Gasteiger partial charge in [0.15, 0.2) is 0 Å². The zero-order valence-electron chi connectivity index (χ0n) is 9.10. The Bertz CT molecular complexity index is 280. The molecule has 3 heteroatoms. The predicted molar refractivity (Wildman–Crippen MR) is 61.5 cm³/mol. The van der Waals surface area contributed by atoms with Crippen molar-refractivity contribution in [3.63, 3.8) is 0 Å². The highest BCUT2D eigenvalue weighted by Crippen LogP contribution is 2.22. The minimum Gasteiger partial charge on any atom is -0.329 e. The van der Waals surface area contributed by atoms with Crippen LogP contribution in [0.1, 0.15) is 30.9 Å². The first-order chi connectivity index (χ1) is 7.42. The maximum atomic E-state index is 5.87. The van der Waals surface area contributed by atoms with Crippen molar-refractivity contribution in [2.75, 3.05) is 19.6 Å². The molecule has 0 aliphatic carbocycles. The quantitative estimate of drug-likeness (QED) is 0.814. The van der Waals surface area contributed by atoms with E-state index in [0.717, 1.165) is 0 Å². The van der Waals surface area contributed by atoms with Crippen LogP contribution in [0.2, 0.25) is 0 Å². The van der Waals surface area contributed by atoms with Crippen molar-refractivity contribution in [1.82, 2.24) is 9.88 Å². The van der Waals surface area contributed by atoms with Crippen molar-refractivity contribution < 1.29 is 0 Å². The van der Waals surface area contributed by atoms with Crippen LogP contribution >= 0.6 is 0 Å². The van der Waals surface area contributed by atoms with Gasteiger partial charge in [-0.1, -0.05) is 12.5 Å². The Kier molecular flexibility index (Phi) is 3.69. The van der Waals surface area contributed by atoms with Gasteiger partial charge >= 0.3 is 0 Å². The van der Waals surface area contributed by atoms with E-state index >= 15 is 0 Å². The number of likely N-dealkylation sites (tertiary alicyclic amines) is 1. The number of nitrogens with zero attached hydrogens (tertiary/aromatic N) is 2. The molecule has 2 rings (SSSR count). The first-order valence-electron chi connectivity index (χ1n) is 5.76. The van der Waals surface area contributed by atoms with E-state index < -0.39 is 0 Å². The lowest BCUT2D eigenvalue weighted by atomic mass is 10.0. The highest BCUT2D eigenvalue weighted by Gasteiger charge is 2.20. The molecule has 0 amide bonds. The predicted octanol–water partition coefficient (Wildman–Crippen LogP) is 1.57. The third-order valence-corrected chi connectivity index (χ3v) is 3.12. The van der Waals surface area contributed by atoms with Crippen LogP contribution in [0.15, 0.2) is 24.5 Å². The number of hydrogen-bond donors (Lipinski definition) is 1. The monoisotopic (exact) mass is 205 g/mol. The van der Waals surface area contributed by atoms with Crippen LogP contribution in [-0.2, 0) is 0 Å². The Labute approximate surface area is 91.3 Å². The molecule has 0 spiro atoms. The smallest absolute Gasteiger partial charge is 0.0485 e. The summed E-state index contributed by atoms with van der Waals surface area (Å²) in [7, 11) is 0. The van der Waals surface area contributed by atoms with Crippen LogP contribution in [0, 0.1) is 0 Å². The summed E-state index contributed by atoms with van der Waals surface area (Å²) in [5.41, 5.74) is 7.12. The fourth-order valence-electron chi connectivity index (χ4n) is 2.30. The summed E-state index contributed by atoms with van der Waals surface area (Å²) in [4.78, 5) is 6.65. The van der Waals surface area contributed by atoms with Crippen molar-refractivity contribution >= 4 is 0 Å². The molecular formula is C12H19N3. The topological polar surface area (TPSA) is 42.1 Å². The number of aromatic nitrogens is 1. The molecule has 0 bridgehead atoms. The number of rotatable bonds is 3. The van der Waals surface area contributed by atoms with Crippen molar-refractivity contribution in [1.29, 1.82) is 0 Å². The van der Waals surface area contributed by atoms with Crippen LogP contribution in [0.4, 0.5) is 0 Å². The van der Waals surface area contributed by atoms with E-state index in [4.69, 9.17) is 5.73 Å². The van der Waals surface area contributed by atoms with Crippen LogP contribution in [0.3, 0.4) is 0 Å². The maximum Gasteiger partial charge on any atom is 0.0485 e. The van der Waals surface area contributed by atoms with E-state index in [1.54, 1.807) is 0 Å². The summed E-state index contributed by atoms with van der Waals surface area (Å²) in [5, 5.41) is 0. The third kappa shape index (κ3) is 2.55. The highest BCUT2D eigenvalue weighted by molar-refractivity contribution is 5.14. The molecule has 1 aliphatic rings. The van der Waals surface area contributed by atoms with Crippen molar-refractivity contribution in [2.24, 2.45) is 5.73 Å². The van der Waals surface area contributed by atoms with E-state index in [1.807, 2.05) is 18.5 Å². The number of hydrogen-bond acceptors (Lipinski definition) is 3. The van der Waals surface area contributed by atoms with Crippen molar-refractivity contribution in [3.8, 4) is 0 Å². The Morgan fingerprint density at radius 3 is 2.73 bits per heavy atom. The standard InChI is InChI=1S/C12H19N3/c13-9-12(11-5-4-6-14-10-11)15-7-2-1-3-8-15/h4-6,10,12H,1-3,7-9,13H2/t12-/m1/s1. The Morgan fingerprint density at radius 2 is 2.13 bits per heavy atom. The van der Waals surface area contributed by atoms with Gasteiger partial charge in [-0.3, -0.25) is 9.88 Å². The normalized spacial score (nSPS) is 20.1. The van der Waals surface area contributed by atoms with Gasteiger partial charge in [-0.2, -0.15) is 0 Å². The zero-order valence-corrected chi connectivity index (χ0v) is 9.10. The van der Waals surface area contributed by atoms with E-state index in [1.165, 1.54) is 37.9 Å². The van der Waals surface area contributed by atoms with Gasteiger partial charge in [0, 0.05) is 25.0 Å². The van der Waals surface area contributed by atoms with Gasteiger partial charge in [0.2, 0.25) is 0 Å². The lowest BCUT2D eigenvalue weighted by Gasteiger charge is -2.33. The van der Waals surface area contributed by atoms with Crippen molar-refractivity contribution in [2.45, 2.75) is 25.3 Å². The van der Waals surface area contributed by atoms with Crippen LogP contribution < -0.4 is 5.73 Å².